The fraction of sp³-hybridized carbons (Fsp3) is 0.414. The molecule has 0 unspecified atom stereocenters. The summed E-state index contributed by atoms with van der Waals surface area (Å²) in [5.74, 6) is 1.79. The molecule has 34 heavy (non-hydrogen) atoms. The van der Waals surface area contributed by atoms with Gasteiger partial charge in [0.15, 0.2) is 0 Å². The molecule has 0 aliphatic carbocycles. The number of benzene rings is 2. The van der Waals surface area contributed by atoms with Crippen LogP contribution in [0, 0.1) is 20.8 Å². The molecule has 1 aliphatic rings. The molecule has 1 aliphatic heterocycles. The van der Waals surface area contributed by atoms with Gasteiger partial charge in [0.05, 0.1) is 6.61 Å². The SMILES string of the molecule is CCOc1c(/C(C)=C/C(=O)N2CCN(CCc3ccccc3)CC2)cc2c(C)c(C)oc2c1C. The maximum atomic E-state index is 13.1. The predicted octanol–water partition coefficient (Wildman–Crippen LogP) is 5.55. The number of ether oxygens (including phenoxy) is 1. The van der Waals surface area contributed by atoms with E-state index in [2.05, 4.69) is 48.2 Å². The molecule has 2 heterocycles. The highest BCUT2D eigenvalue weighted by atomic mass is 16.5. The smallest absolute Gasteiger partial charge is 0.246 e. The van der Waals surface area contributed by atoms with Crippen molar-refractivity contribution in [3.63, 3.8) is 0 Å². The zero-order valence-electron chi connectivity index (χ0n) is 21.1. The molecular weight excluding hydrogens is 424 g/mol. The third-order valence-electron chi connectivity index (χ3n) is 6.94. The van der Waals surface area contributed by atoms with Crippen LogP contribution >= 0.6 is 0 Å². The Morgan fingerprint density at radius 3 is 2.44 bits per heavy atom. The maximum Gasteiger partial charge on any atom is 0.246 e. The number of furan rings is 1. The number of rotatable bonds is 7. The minimum atomic E-state index is 0.0699. The second kappa shape index (κ2) is 10.5. The van der Waals surface area contributed by atoms with Gasteiger partial charge in [0.2, 0.25) is 5.91 Å². The fourth-order valence-electron chi connectivity index (χ4n) is 4.71. The number of hydrogen-bond donors (Lipinski definition) is 0. The Labute approximate surface area is 203 Å². The van der Waals surface area contributed by atoms with Gasteiger partial charge < -0.3 is 14.1 Å². The summed E-state index contributed by atoms with van der Waals surface area (Å²) in [6, 6.07) is 12.7. The molecule has 0 atom stereocenters. The number of fused-ring (bicyclic) bond motifs is 1. The number of nitrogens with zero attached hydrogens (tertiary/aromatic N) is 2. The molecule has 0 spiro atoms. The van der Waals surface area contributed by atoms with Crippen molar-refractivity contribution in [2.45, 2.75) is 41.0 Å². The van der Waals surface area contributed by atoms with Crippen molar-refractivity contribution in [2.24, 2.45) is 0 Å². The van der Waals surface area contributed by atoms with Gasteiger partial charge in [-0.3, -0.25) is 9.69 Å². The van der Waals surface area contributed by atoms with Gasteiger partial charge in [0.1, 0.15) is 17.1 Å². The second-order valence-corrected chi connectivity index (χ2v) is 9.20. The lowest BCUT2D eigenvalue weighted by atomic mass is 9.98. The molecule has 2 aromatic carbocycles. The average molecular weight is 461 g/mol. The maximum absolute atomic E-state index is 13.1. The van der Waals surface area contributed by atoms with Crippen molar-refractivity contribution < 1.29 is 13.9 Å². The zero-order chi connectivity index (χ0) is 24.2. The normalized spacial score (nSPS) is 15.2. The van der Waals surface area contributed by atoms with E-state index in [1.54, 1.807) is 6.08 Å². The Bertz CT molecular complexity index is 1190. The molecular formula is C29H36N2O3. The largest absolute Gasteiger partial charge is 0.493 e. The van der Waals surface area contributed by atoms with Gasteiger partial charge in [-0.2, -0.15) is 0 Å². The number of piperazine rings is 1. The summed E-state index contributed by atoms with van der Waals surface area (Å²) in [4.78, 5) is 17.5. The molecule has 1 saturated heterocycles. The summed E-state index contributed by atoms with van der Waals surface area (Å²) in [6.45, 7) is 15.0. The lowest BCUT2D eigenvalue weighted by molar-refractivity contribution is -0.127. The van der Waals surface area contributed by atoms with E-state index in [1.807, 2.05) is 32.6 Å². The van der Waals surface area contributed by atoms with Gasteiger partial charge in [-0.25, -0.2) is 0 Å². The van der Waals surface area contributed by atoms with Crippen molar-refractivity contribution in [2.75, 3.05) is 39.3 Å². The number of amides is 1. The second-order valence-electron chi connectivity index (χ2n) is 9.20. The third-order valence-corrected chi connectivity index (χ3v) is 6.94. The van der Waals surface area contributed by atoms with Crippen LogP contribution in [0.4, 0.5) is 0 Å². The standard InChI is InChI=1S/C29H36N2O3/c1-6-33-28-22(4)29-26(21(3)23(5)34-29)19-25(28)20(2)18-27(32)31-16-14-30(15-17-31)13-12-24-10-8-7-9-11-24/h7-11,18-19H,6,12-17H2,1-5H3/b20-18+. The topological polar surface area (TPSA) is 45.9 Å². The highest BCUT2D eigenvalue weighted by Gasteiger charge is 2.22. The zero-order valence-corrected chi connectivity index (χ0v) is 21.1. The third kappa shape index (κ3) is 5.05. The molecule has 180 valence electrons. The van der Waals surface area contributed by atoms with Gasteiger partial charge in [-0.05, 0) is 63.8 Å². The first kappa shape index (κ1) is 24.1. The Hall–Kier alpha value is -3.05. The Morgan fingerprint density at radius 1 is 1.06 bits per heavy atom. The van der Waals surface area contributed by atoms with Crippen molar-refractivity contribution >= 4 is 22.4 Å². The van der Waals surface area contributed by atoms with E-state index in [9.17, 15) is 4.79 Å². The van der Waals surface area contributed by atoms with Crippen molar-refractivity contribution in [3.8, 4) is 5.75 Å². The van der Waals surface area contributed by atoms with Crippen LogP contribution in [0.25, 0.3) is 16.5 Å². The summed E-state index contributed by atoms with van der Waals surface area (Å²) >= 11 is 0. The number of allylic oxidation sites excluding steroid dienone is 1. The molecule has 1 fully saturated rings. The molecule has 1 amide bonds. The number of carbonyl (C=O) groups excluding carboxylic acids is 1. The van der Waals surface area contributed by atoms with Crippen molar-refractivity contribution in [1.29, 1.82) is 0 Å². The van der Waals surface area contributed by atoms with Crippen LogP contribution in [0.5, 0.6) is 5.75 Å². The van der Waals surface area contributed by atoms with Crippen molar-refractivity contribution in [1.82, 2.24) is 9.80 Å². The average Bonchev–Trinajstić information content (AvgIpc) is 3.14. The summed E-state index contributed by atoms with van der Waals surface area (Å²) < 4.78 is 12.0. The highest BCUT2D eigenvalue weighted by Crippen LogP contribution is 2.39. The summed E-state index contributed by atoms with van der Waals surface area (Å²) in [6.07, 6.45) is 2.81. The van der Waals surface area contributed by atoms with Crippen LogP contribution in [0.3, 0.4) is 0 Å². The predicted molar refractivity (Wildman–Crippen MR) is 138 cm³/mol. The fourth-order valence-corrected chi connectivity index (χ4v) is 4.71. The number of hydrogen-bond acceptors (Lipinski definition) is 4. The Kier molecular flexibility index (Phi) is 7.42. The van der Waals surface area contributed by atoms with E-state index in [1.165, 1.54) is 5.56 Å². The van der Waals surface area contributed by atoms with E-state index in [0.29, 0.717) is 6.61 Å². The minimum Gasteiger partial charge on any atom is -0.493 e. The van der Waals surface area contributed by atoms with E-state index in [0.717, 1.165) is 83.9 Å². The Morgan fingerprint density at radius 2 is 1.76 bits per heavy atom. The molecule has 0 N–H and O–H groups in total. The van der Waals surface area contributed by atoms with E-state index >= 15 is 0 Å². The van der Waals surface area contributed by atoms with Crippen LogP contribution in [-0.4, -0.2) is 55.0 Å². The van der Waals surface area contributed by atoms with Crippen LogP contribution in [0.15, 0.2) is 46.9 Å². The molecule has 1 aromatic heterocycles. The molecule has 4 rings (SSSR count). The van der Waals surface area contributed by atoms with Gasteiger partial charge in [-0.15, -0.1) is 0 Å². The molecule has 0 saturated carbocycles. The summed E-state index contributed by atoms with van der Waals surface area (Å²) in [7, 11) is 0. The van der Waals surface area contributed by atoms with Crippen molar-refractivity contribution in [3.05, 3.63) is 70.5 Å². The summed E-state index contributed by atoms with van der Waals surface area (Å²) in [5, 5.41) is 1.08. The first-order valence-electron chi connectivity index (χ1n) is 12.3. The number of aryl methyl sites for hydroxylation is 3. The van der Waals surface area contributed by atoms with Crippen LogP contribution < -0.4 is 4.74 Å². The highest BCUT2D eigenvalue weighted by molar-refractivity contribution is 5.98. The lowest BCUT2D eigenvalue weighted by Crippen LogP contribution is -2.48. The molecule has 5 nitrogen and oxygen atoms in total. The van der Waals surface area contributed by atoms with Crippen LogP contribution in [-0.2, 0) is 11.2 Å². The summed E-state index contributed by atoms with van der Waals surface area (Å²) in [5.41, 5.74) is 6.23. The first-order valence-corrected chi connectivity index (χ1v) is 12.3. The van der Waals surface area contributed by atoms with E-state index in [-0.39, 0.29) is 5.91 Å². The van der Waals surface area contributed by atoms with E-state index < -0.39 is 0 Å². The van der Waals surface area contributed by atoms with Gasteiger partial charge >= 0.3 is 0 Å². The lowest BCUT2D eigenvalue weighted by Gasteiger charge is -2.34. The van der Waals surface area contributed by atoms with Crippen LogP contribution in [0.1, 0.15) is 41.9 Å². The first-order chi connectivity index (χ1) is 16.4. The number of carbonyl (C=O) groups is 1. The monoisotopic (exact) mass is 460 g/mol. The van der Waals surface area contributed by atoms with Gasteiger partial charge in [0.25, 0.3) is 0 Å². The molecule has 0 radical (unpaired) electrons. The minimum absolute atomic E-state index is 0.0699. The molecule has 0 bridgehead atoms. The molecule has 3 aromatic rings. The quantitative estimate of drug-likeness (QED) is 0.434. The Balaban J connectivity index is 1.46. The van der Waals surface area contributed by atoms with E-state index in [4.69, 9.17) is 9.15 Å². The van der Waals surface area contributed by atoms with Gasteiger partial charge in [-0.1, -0.05) is 30.3 Å². The van der Waals surface area contributed by atoms with Crippen LogP contribution in [0.2, 0.25) is 0 Å². The van der Waals surface area contributed by atoms with Gasteiger partial charge in [0, 0.05) is 55.3 Å². The molecule has 5 heteroatoms.